The number of piperazine rings is 1. The molecule has 2 heterocycles. The SMILES string of the molecule is C.CC(C)N1CCN(CC(=N)c2c(N)[nH]c(-c3c(F)cccc3F)c(O)c2=O)CC1. The van der Waals surface area contributed by atoms with E-state index >= 15 is 0 Å². The molecule has 1 aliphatic rings. The number of pyridine rings is 1. The van der Waals surface area contributed by atoms with E-state index in [1.807, 2.05) is 4.90 Å². The highest BCUT2D eigenvalue weighted by Gasteiger charge is 2.25. The quantitative estimate of drug-likeness (QED) is 0.555. The van der Waals surface area contributed by atoms with E-state index in [1.165, 1.54) is 6.07 Å². The number of nitrogens with one attached hydrogen (secondary N) is 2. The first-order valence-electron chi connectivity index (χ1n) is 9.44. The summed E-state index contributed by atoms with van der Waals surface area (Å²) in [4.78, 5) is 19.5. The maximum absolute atomic E-state index is 14.1. The highest BCUT2D eigenvalue weighted by atomic mass is 19.1. The van der Waals surface area contributed by atoms with Crippen molar-refractivity contribution in [1.82, 2.24) is 14.8 Å². The van der Waals surface area contributed by atoms with Crippen LogP contribution < -0.4 is 11.2 Å². The Morgan fingerprint density at radius 2 is 1.80 bits per heavy atom. The van der Waals surface area contributed by atoms with Crippen molar-refractivity contribution in [1.29, 1.82) is 5.41 Å². The maximum Gasteiger partial charge on any atom is 0.235 e. The number of hydrogen-bond donors (Lipinski definition) is 4. The van der Waals surface area contributed by atoms with Crippen LogP contribution in [0.2, 0.25) is 0 Å². The Hall–Kier alpha value is -2.78. The van der Waals surface area contributed by atoms with E-state index < -0.39 is 34.1 Å². The lowest BCUT2D eigenvalue weighted by molar-refractivity contribution is 0.119. The Morgan fingerprint density at radius 3 is 2.33 bits per heavy atom. The van der Waals surface area contributed by atoms with Crippen LogP contribution in [0.25, 0.3) is 11.3 Å². The first-order chi connectivity index (χ1) is 13.7. The van der Waals surface area contributed by atoms with Crippen LogP contribution in [0.3, 0.4) is 0 Å². The zero-order valence-electron chi connectivity index (χ0n) is 16.4. The lowest BCUT2D eigenvalue weighted by atomic mass is 10.0. The van der Waals surface area contributed by atoms with E-state index in [-0.39, 0.29) is 31.1 Å². The number of hydrogen-bond acceptors (Lipinski definition) is 6. The Labute approximate surface area is 174 Å². The summed E-state index contributed by atoms with van der Waals surface area (Å²) < 4.78 is 28.1. The molecular weight excluding hydrogens is 392 g/mol. The molecule has 0 bridgehead atoms. The van der Waals surface area contributed by atoms with Crippen LogP contribution in [-0.2, 0) is 0 Å². The zero-order valence-corrected chi connectivity index (χ0v) is 16.4. The van der Waals surface area contributed by atoms with Crippen LogP contribution >= 0.6 is 0 Å². The summed E-state index contributed by atoms with van der Waals surface area (Å²) in [6.45, 7) is 7.63. The first-order valence-corrected chi connectivity index (χ1v) is 9.44. The lowest BCUT2D eigenvalue weighted by Gasteiger charge is -2.36. The Balaban J connectivity index is 0.00000320. The van der Waals surface area contributed by atoms with Crippen LogP contribution in [0.15, 0.2) is 23.0 Å². The summed E-state index contributed by atoms with van der Waals surface area (Å²) in [5.41, 5.74) is 3.74. The molecule has 2 aromatic rings. The predicted molar refractivity (Wildman–Crippen MR) is 115 cm³/mol. The van der Waals surface area contributed by atoms with E-state index in [0.717, 1.165) is 38.3 Å². The molecule has 0 radical (unpaired) electrons. The number of nitrogens with zero attached hydrogens (tertiary/aromatic N) is 2. The number of aromatic hydroxyl groups is 1. The van der Waals surface area contributed by atoms with Crippen molar-refractivity contribution in [3.8, 4) is 17.0 Å². The summed E-state index contributed by atoms with van der Waals surface area (Å²) >= 11 is 0. The van der Waals surface area contributed by atoms with Gasteiger partial charge in [-0.05, 0) is 26.0 Å². The normalized spacial score (nSPS) is 15.2. The summed E-state index contributed by atoms with van der Waals surface area (Å²) in [6, 6.07) is 3.65. The fourth-order valence-electron chi connectivity index (χ4n) is 3.57. The number of nitrogen functional groups attached to an aromatic ring is 1. The molecule has 1 fully saturated rings. The van der Waals surface area contributed by atoms with Crippen LogP contribution in [0.4, 0.5) is 14.6 Å². The van der Waals surface area contributed by atoms with Crippen LogP contribution in [-0.4, -0.2) is 64.4 Å². The van der Waals surface area contributed by atoms with Gasteiger partial charge in [0, 0.05) is 38.8 Å². The molecule has 0 unspecified atom stereocenters. The van der Waals surface area contributed by atoms with Crippen molar-refractivity contribution >= 4 is 11.5 Å². The Kier molecular flexibility index (Phi) is 7.33. The van der Waals surface area contributed by atoms with Gasteiger partial charge < -0.3 is 21.2 Å². The number of halogens is 2. The molecule has 9 heteroatoms. The van der Waals surface area contributed by atoms with Gasteiger partial charge in [0.15, 0.2) is 5.75 Å². The van der Waals surface area contributed by atoms with Gasteiger partial charge in [-0.1, -0.05) is 13.5 Å². The molecule has 1 aliphatic heterocycles. The molecule has 1 saturated heterocycles. The van der Waals surface area contributed by atoms with Crippen molar-refractivity contribution in [3.63, 3.8) is 0 Å². The number of anilines is 1. The van der Waals surface area contributed by atoms with Crippen molar-refractivity contribution in [2.45, 2.75) is 27.3 Å². The largest absolute Gasteiger partial charge is 0.503 e. The highest BCUT2D eigenvalue weighted by Crippen LogP contribution is 2.31. The van der Waals surface area contributed by atoms with E-state index in [4.69, 9.17) is 11.1 Å². The Morgan fingerprint density at radius 1 is 1.23 bits per heavy atom. The van der Waals surface area contributed by atoms with Crippen molar-refractivity contribution in [3.05, 3.63) is 45.6 Å². The van der Waals surface area contributed by atoms with Gasteiger partial charge >= 0.3 is 0 Å². The maximum atomic E-state index is 14.1. The molecule has 7 nitrogen and oxygen atoms in total. The highest BCUT2D eigenvalue weighted by molar-refractivity contribution is 6.04. The predicted octanol–water partition coefficient (Wildman–Crippen LogP) is 2.64. The second-order valence-corrected chi connectivity index (χ2v) is 7.45. The van der Waals surface area contributed by atoms with E-state index in [0.29, 0.717) is 6.04 Å². The molecule has 5 N–H and O–H groups in total. The van der Waals surface area contributed by atoms with Gasteiger partial charge in [0.05, 0.1) is 22.5 Å². The molecule has 0 aliphatic carbocycles. The van der Waals surface area contributed by atoms with Gasteiger partial charge in [-0.25, -0.2) is 8.78 Å². The molecular formula is C21H29F2N5O2. The standard InChI is InChI=1S/C20H25F2N5O2.CH4/c1-11(2)27-8-6-26(7-9-27)10-14(23)16-18(28)19(29)17(25-20(16)24)15-12(21)4-3-5-13(15)22;/h3-5,11,23,29H,6-10H2,1-2H3,(H3,24,25,28);1H4. The van der Waals surface area contributed by atoms with Gasteiger partial charge in [0.1, 0.15) is 17.5 Å². The Bertz CT molecular complexity index is 962. The molecule has 164 valence electrons. The lowest BCUT2D eigenvalue weighted by Crippen LogP contribution is -2.50. The number of nitrogens with two attached hydrogens (primary N) is 1. The minimum Gasteiger partial charge on any atom is -0.503 e. The number of H-pyrrole nitrogens is 1. The third-order valence-corrected chi connectivity index (χ3v) is 5.24. The summed E-state index contributed by atoms with van der Waals surface area (Å²) in [7, 11) is 0. The molecule has 0 spiro atoms. The second-order valence-electron chi connectivity index (χ2n) is 7.45. The third-order valence-electron chi connectivity index (χ3n) is 5.24. The molecule has 0 atom stereocenters. The summed E-state index contributed by atoms with van der Waals surface area (Å²) in [6.07, 6.45) is 0. The molecule has 3 rings (SSSR count). The third kappa shape index (κ3) is 4.52. The van der Waals surface area contributed by atoms with Gasteiger partial charge in [-0.3, -0.25) is 14.6 Å². The summed E-state index contributed by atoms with van der Waals surface area (Å²) in [5.74, 6) is -2.97. The van der Waals surface area contributed by atoms with E-state index in [1.54, 1.807) is 0 Å². The van der Waals surface area contributed by atoms with Gasteiger partial charge in [-0.15, -0.1) is 0 Å². The number of rotatable bonds is 5. The minimum absolute atomic E-state index is 0. The zero-order chi connectivity index (χ0) is 21.3. The van der Waals surface area contributed by atoms with Gasteiger partial charge in [0.2, 0.25) is 5.43 Å². The fraction of sp³-hybridized carbons (Fsp3) is 0.429. The van der Waals surface area contributed by atoms with E-state index in [2.05, 4.69) is 23.7 Å². The average Bonchev–Trinajstić information content (AvgIpc) is 2.66. The number of aromatic nitrogens is 1. The van der Waals surface area contributed by atoms with Crippen molar-refractivity contribution < 1.29 is 13.9 Å². The van der Waals surface area contributed by atoms with Crippen molar-refractivity contribution in [2.24, 2.45) is 0 Å². The molecule has 30 heavy (non-hydrogen) atoms. The molecule has 0 amide bonds. The topological polar surface area (TPSA) is 109 Å². The van der Waals surface area contributed by atoms with Crippen molar-refractivity contribution in [2.75, 3.05) is 38.5 Å². The monoisotopic (exact) mass is 421 g/mol. The van der Waals surface area contributed by atoms with Gasteiger partial charge in [0.25, 0.3) is 0 Å². The molecule has 0 saturated carbocycles. The van der Waals surface area contributed by atoms with Crippen LogP contribution in [0.5, 0.6) is 5.75 Å². The molecule has 1 aromatic carbocycles. The molecule has 1 aromatic heterocycles. The fourth-order valence-corrected chi connectivity index (χ4v) is 3.57. The number of benzene rings is 1. The van der Waals surface area contributed by atoms with Crippen LogP contribution in [0, 0.1) is 17.0 Å². The second kappa shape index (κ2) is 9.36. The van der Waals surface area contributed by atoms with E-state index in [9.17, 15) is 18.7 Å². The van der Waals surface area contributed by atoms with Crippen LogP contribution in [0.1, 0.15) is 26.8 Å². The minimum atomic E-state index is -0.943. The average molecular weight is 421 g/mol. The first kappa shape index (κ1) is 23.5. The summed E-state index contributed by atoms with van der Waals surface area (Å²) in [5, 5.41) is 18.6. The smallest absolute Gasteiger partial charge is 0.235 e. The van der Waals surface area contributed by atoms with Gasteiger partial charge in [-0.2, -0.15) is 0 Å². The number of aromatic amines is 1.